The number of nitro groups is 1. The highest BCUT2D eigenvalue weighted by Crippen LogP contribution is 2.35. The molecule has 1 atom stereocenters. The number of allylic oxidation sites excluding steroid dienone is 1. The number of non-ortho nitro benzene ring substituents is 1. The standard InChI is InChI=1S/C25H30N4O7S/c1-16(2)18-9-11-21(12-10-18)37(35,36)27(4)13-6-14-28-23(19-7-5-8-20(15-19)29(33)34)22(24(30)31)17(3)26-25(28)32/h5,7-12,15-16,23H,6,13-14H2,1-4H3,(H,26,32)(H,30,31). The van der Waals surface area contributed by atoms with Crippen LogP contribution in [0.4, 0.5) is 10.5 Å². The Hall–Kier alpha value is -3.77. The van der Waals surface area contributed by atoms with Gasteiger partial charge in [0.2, 0.25) is 10.0 Å². The minimum absolute atomic E-state index is 0.00932. The van der Waals surface area contributed by atoms with Gasteiger partial charge in [0.1, 0.15) is 0 Å². The summed E-state index contributed by atoms with van der Waals surface area (Å²) in [7, 11) is -2.34. The Bertz CT molecular complexity index is 1340. The lowest BCUT2D eigenvalue weighted by Gasteiger charge is -2.37. The van der Waals surface area contributed by atoms with Crippen LogP contribution in [0, 0.1) is 10.1 Å². The predicted molar refractivity (Wildman–Crippen MR) is 136 cm³/mol. The third kappa shape index (κ3) is 5.97. The molecule has 2 N–H and O–H groups in total. The summed E-state index contributed by atoms with van der Waals surface area (Å²) in [5.41, 5.74) is 1.07. The number of carboxylic acids is 1. The van der Waals surface area contributed by atoms with E-state index >= 15 is 0 Å². The number of benzene rings is 2. The fourth-order valence-corrected chi connectivity index (χ4v) is 5.44. The van der Waals surface area contributed by atoms with Gasteiger partial charge in [-0.3, -0.25) is 10.1 Å². The van der Waals surface area contributed by atoms with E-state index in [0.717, 1.165) is 5.56 Å². The fourth-order valence-electron chi connectivity index (χ4n) is 4.23. The van der Waals surface area contributed by atoms with Crippen LogP contribution in [0.15, 0.2) is 64.7 Å². The van der Waals surface area contributed by atoms with Crippen LogP contribution in [-0.2, 0) is 14.8 Å². The second-order valence-electron chi connectivity index (χ2n) is 9.13. The first-order valence-electron chi connectivity index (χ1n) is 11.7. The first kappa shape index (κ1) is 27.8. The molecule has 12 heteroatoms. The Morgan fingerprint density at radius 2 is 1.86 bits per heavy atom. The molecule has 0 fully saturated rings. The van der Waals surface area contributed by atoms with Crippen molar-refractivity contribution in [3.63, 3.8) is 0 Å². The van der Waals surface area contributed by atoms with E-state index in [1.807, 2.05) is 13.8 Å². The number of carboxylic acid groups (broad SMARTS) is 1. The molecule has 0 radical (unpaired) electrons. The first-order valence-corrected chi connectivity index (χ1v) is 13.1. The molecule has 0 saturated carbocycles. The fraction of sp³-hybridized carbons (Fsp3) is 0.360. The molecule has 0 aromatic heterocycles. The lowest BCUT2D eigenvalue weighted by atomic mass is 9.93. The van der Waals surface area contributed by atoms with E-state index in [4.69, 9.17) is 0 Å². The van der Waals surface area contributed by atoms with E-state index in [1.54, 1.807) is 24.3 Å². The summed E-state index contributed by atoms with van der Waals surface area (Å²) in [5, 5.41) is 23.7. The summed E-state index contributed by atoms with van der Waals surface area (Å²) >= 11 is 0. The van der Waals surface area contributed by atoms with Gasteiger partial charge in [-0.1, -0.05) is 38.1 Å². The number of amides is 2. The minimum atomic E-state index is -3.78. The van der Waals surface area contributed by atoms with Gasteiger partial charge in [-0.15, -0.1) is 0 Å². The average Bonchev–Trinajstić information content (AvgIpc) is 2.84. The number of hydrogen-bond donors (Lipinski definition) is 2. The summed E-state index contributed by atoms with van der Waals surface area (Å²) in [6.07, 6.45) is 0.199. The molecular weight excluding hydrogens is 500 g/mol. The smallest absolute Gasteiger partial charge is 0.335 e. The van der Waals surface area contributed by atoms with Crippen molar-refractivity contribution in [3.8, 4) is 0 Å². The molecule has 0 spiro atoms. The Morgan fingerprint density at radius 1 is 1.22 bits per heavy atom. The Labute approximate surface area is 215 Å². The topological polar surface area (TPSA) is 150 Å². The van der Waals surface area contributed by atoms with Crippen molar-refractivity contribution < 1.29 is 28.0 Å². The van der Waals surface area contributed by atoms with Crippen LogP contribution in [-0.4, -0.2) is 59.8 Å². The maximum Gasteiger partial charge on any atom is 0.335 e. The van der Waals surface area contributed by atoms with E-state index < -0.39 is 33.0 Å². The molecule has 198 valence electrons. The van der Waals surface area contributed by atoms with Crippen LogP contribution in [0.5, 0.6) is 0 Å². The second kappa shape index (κ2) is 11.1. The van der Waals surface area contributed by atoms with Crippen molar-refractivity contribution in [3.05, 3.63) is 81.0 Å². The zero-order chi connectivity index (χ0) is 27.5. The monoisotopic (exact) mass is 530 g/mol. The molecule has 0 bridgehead atoms. The zero-order valence-electron chi connectivity index (χ0n) is 21.0. The molecule has 37 heavy (non-hydrogen) atoms. The van der Waals surface area contributed by atoms with E-state index in [1.165, 1.54) is 47.4 Å². The van der Waals surface area contributed by atoms with Crippen LogP contribution in [0.3, 0.4) is 0 Å². The van der Waals surface area contributed by atoms with E-state index in [-0.39, 0.29) is 52.8 Å². The molecule has 0 saturated heterocycles. The van der Waals surface area contributed by atoms with E-state index in [9.17, 15) is 33.2 Å². The highest BCUT2D eigenvalue weighted by atomic mass is 32.2. The van der Waals surface area contributed by atoms with E-state index in [0.29, 0.717) is 0 Å². The SMILES string of the molecule is CC1=C(C(=O)O)C(c2cccc([N+](=O)[O-])c2)N(CCCN(C)S(=O)(=O)c2ccc(C(C)C)cc2)C(=O)N1. The van der Waals surface area contributed by atoms with Crippen LogP contribution in [0.2, 0.25) is 0 Å². The van der Waals surface area contributed by atoms with Gasteiger partial charge in [0.05, 0.1) is 21.4 Å². The van der Waals surface area contributed by atoms with Gasteiger partial charge >= 0.3 is 12.0 Å². The molecule has 1 aliphatic heterocycles. The number of hydrogen-bond acceptors (Lipinski definition) is 6. The number of aliphatic carboxylic acids is 1. The lowest BCUT2D eigenvalue weighted by Crippen LogP contribution is -2.49. The summed E-state index contributed by atoms with van der Waals surface area (Å²) in [6, 6.07) is 10.5. The van der Waals surface area contributed by atoms with Crippen molar-refractivity contribution in [2.75, 3.05) is 20.1 Å². The molecule has 2 amide bonds. The van der Waals surface area contributed by atoms with Gasteiger partial charge in [0, 0.05) is 38.0 Å². The molecule has 2 aromatic carbocycles. The van der Waals surface area contributed by atoms with Gasteiger partial charge in [0.15, 0.2) is 0 Å². The molecular formula is C25H30N4O7S. The molecule has 1 aliphatic rings. The first-order chi connectivity index (χ1) is 17.3. The predicted octanol–water partition coefficient (Wildman–Crippen LogP) is 3.85. The second-order valence-corrected chi connectivity index (χ2v) is 11.2. The van der Waals surface area contributed by atoms with Crippen LogP contribution >= 0.6 is 0 Å². The number of carbonyl (C=O) groups excluding carboxylic acids is 1. The number of carbonyl (C=O) groups is 2. The summed E-state index contributed by atoms with van der Waals surface area (Å²) in [6.45, 7) is 5.55. The van der Waals surface area contributed by atoms with Crippen molar-refractivity contribution in [1.82, 2.24) is 14.5 Å². The molecule has 11 nitrogen and oxygen atoms in total. The summed E-state index contributed by atoms with van der Waals surface area (Å²) < 4.78 is 27.2. The van der Waals surface area contributed by atoms with Crippen LogP contribution in [0.25, 0.3) is 0 Å². The third-order valence-electron chi connectivity index (χ3n) is 6.30. The number of nitro benzene ring substituents is 1. The van der Waals surface area contributed by atoms with Crippen molar-refractivity contribution in [1.29, 1.82) is 0 Å². The lowest BCUT2D eigenvalue weighted by molar-refractivity contribution is -0.384. The number of nitrogens with one attached hydrogen (secondary N) is 1. The maximum atomic E-state index is 13.0. The van der Waals surface area contributed by atoms with Gasteiger partial charge < -0.3 is 15.3 Å². The summed E-state index contributed by atoms with van der Waals surface area (Å²) in [5.74, 6) is -1.01. The minimum Gasteiger partial charge on any atom is -0.478 e. The van der Waals surface area contributed by atoms with Crippen LogP contribution in [0.1, 0.15) is 50.3 Å². The summed E-state index contributed by atoms with van der Waals surface area (Å²) in [4.78, 5) is 37.1. The Balaban J connectivity index is 1.83. The number of rotatable bonds is 10. The average molecular weight is 531 g/mol. The maximum absolute atomic E-state index is 13.0. The van der Waals surface area contributed by atoms with Crippen molar-refractivity contribution in [2.45, 2.75) is 44.0 Å². The quantitative estimate of drug-likeness (QED) is 0.350. The van der Waals surface area contributed by atoms with Crippen molar-refractivity contribution >= 4 is 27.7 Å². The normalized spacial score (nSPS) is 16.3. The highest BCUT2D eigenvalue weighted by molar-refractivity contribution is 7.89. The van der Waals surface area contributed by atoms with Crippen molar-refractivity contribution in [2.24, 2.45) is 0 Å². The van der Waals surface area contributed by atoms with Crippen LogP contribution < -0.4 is 5.32 Å². The Morgan fingerprint density at radius 3 is 2.43 bits per heavy atom. The van der Waals surface area contributed by atoms with Gasteiger partial charge in [-0.25, -0.2) is 22.3 Å². The van der Waals surface area contributed by atoms with Gasteiger partial charge in [-0.2, -0.15) is 0 Å². The molecule has 1 heterocycles. The zero-order valence-corrected chi connectivity index (χ0v) is 21.9. The molecule has 1 unspecified atom stereocenters. The molecule has 3 rings (SSSR count). The largest absolute Gasteiger partial charge is 0.478 e. The van der Waals surface area contributed by atoms with Gasteiger partial charge in [-0.05, 0) is 42.5 Å². The number of nitrogens with zero attached hydrogens (tertiary/aromatic N) is 3. The van der Waals surface area contributed by atoms with E-state index in [2.05, 4.69) is 5.32 Å². The van der Waals surface area contributed by atoms with Gasteiger partial charge in [0.25, 0.3) is 5.69 Å². The number of urea groups is 1. The Kier molecular flexibility index (Phi) is 8.34. The molecule has 0 aliphatic carbocycles. The number of sulfonamides is 1. The highest BCUT2D eigenvalue weighted by Gasteiger charge is 2.38. The molecule has 2 aromatic rings. The third-order valence-corrected chi connectivity index (χ3v) is 8.17.